The van der Waals surface area contributed by atoms with Crippen LogP contribution in [0.5, 0.6) is 5.75 Å². The number of thiazole rings is 1. The minimum Gasteiger partial charge on any atom is -0.505 e. The average Bonchev–Trinajstić information content (AvgIpc) is 3.71. The number of Topliss-reactive ketones (excluding diaryl/α,β-unsaturated/α-hetero) is 1. The largest absolute Gasteiger partial charge is 0.505 e. The molecule has 2 amide bonds. The number of ketones is 1. The lowest BCUT2D eigenvalue weighted by Crippen LogP contribution is -2.47. The number of ether oxygens (including phenoxy) is 3. The topological polar surface area (TPSA) is 235 Å². The highest BCUT2D eigenvalue weighted by molar-refractivity contribution is 7.17. The van der Waals surface area contributed by atoms with Crippen LogP contribution in [0.25, 0.3) is 0 Å². The van der Waals surface area contributed by atoms with Gasteiger partial charge in [-0.05, 0) is 43.5 Å². The molecule has 1 aliphatic heterocycles. The number of hydrogen-bond donors (Lipinski definition) is 5. The van der Waals surface area contributed by atoms with Crippen molar-refractivity contribution in [2.24, 2.45) is 0 Å². The number of amides is 2. The maximum absolute atomic E-state index is 12.9. The van der Waals surface area contributed by atoms with Crippen molar-refractivity contribution < 1.29 is 48.4 Å². The first-order valence-electron chi connectivity index (χ1n) is 19.6. The number of halogens is 1. The number of benzene rings is 2. The summed E-state index contributed by atoms with van der Waals surface area (Å²) in [5.74, 6) is 0.0474. The number of aliphatic hydroxyl groups is 1. The molecule has 5 rings (SSSR count). The van der Waals surface area contributed by atoms with Crippen LogP contribution in [0, 0.1) is 13.8 Å². The molecular formula is C41H49ClN8O10S. The highest BCUT2D eigenvalue weighted by atomic mass is 35.5. The maximum atomic E-state index is 12.9. The Labute approximate surface area is 361 Å². The van der Waals surface area contributed by atoms with Crippen LogP contribution in [0.3, 0.4) is 0 Å². The van der Waals surface area contributed by atoms with Gasteiger partial charge in [0.1, 0.15) is 47.1 Å². The smallest absolute Gasteiger partial charge is 0.332 e. The Morgan fingerprint density at radius 3 is 2.49 bits per heavy atom. The normalized spacial score (nSPS) is 12.8. The standard InChI is InChI=1S/C41H49ClN8O10S/c1-26-5-3-7-31(42)38(26)48-40(57)33-22-43-41(61-33)47-34-21-35(45-27(2)44-34)50-14-12-49(13-15-50)16-18-60-37(55)25-59-20-19-58-17-4-6-29(53)9-11-36(54)46-32-10-8-28(23-51)30(24-52)39(32)56/h3,5,7-8,10,21-22,24,51,56H,4,6,9,11-20,23,25H2,1-2H3,(H,46,54)(H,48,57)(H,43,44,45,47). The van der Waals surface area contributed by atoms with Crippen molar-refractivity contribution in [1.29, 1.82) is 0 Å². The van der Waals surface area contributed by atoms with Gasteiger partial charge >= 0.3 is 5.97 Å². The molecule has 3 heterocycles. The molecule has 5 N–H and O–H groups in total. The molecule has 1 fully saturated rings. The van der Waals surface area contributed by atoms with Crippen molar-refractivity contribution in [1.82, 2.24) is 19.9 Å². The lowest BCUT2D eigenvalue weighted by molar-refractivity contribution is -0.150. The van der Waals surface area contributed by atoms with Gasteiger partial charge in [-0.25, -0.2) is 19.7 Å². The molecule has 20 heteroatoms. The molecule has 0 bridgehead atoms. The number of aromatic nitrogens is 3. The molecule has 0 unspecified atom stereocenters. The first-order valence-corrected chi connectivity index (χ1v) is 20.8. The molecule has 0 atom stereocenters. The Bertz CT molecular complexity index is 2140. The number of carbonyl (C=O) groups excluding carboxylic acids is 5. The fourth-order valence-electron chi connectivity index (χ4n) is 6.18. The number of aryl methyl sites for hydroxylation is 2. The Balaban J connectivity index is 0.893. The summed E-state index contributed by atoms with van der Waals surface area (Å²) >= 11 is 7.47. The van der Waals surface area contributed by atoms with Gasteiger partial charge in [-0.2, -0.15) is 0 Å². The zero-order chi connectivity index (χ0) is 43.7. The van der Waals surface area contributed by atoms with Gasteiger partial charge in [0.25, 0.3) is 5.91 Å². The van der Waals surface area contributed by atoms with E-state index in [1.807, 2.05) is 32.0 Å². The zero-order valence-corrected chi connectivity index (χ0v) is 35.5. The third kappa shape index (κ3) is 14.3. The molecule has 1 saturated heterocycles. The van der Waals surface area contributed by atoms with Crippen LogP contribution in [0.2, 0.25) is 5.02 Å². The fraction of sp³-hybridized carbons (Fsp3) is 0.415. The van der Waals surface area contributed by atoms with Gasteiger partial charge in [0.05, 0.1) is 48.0 Å². The molecule has 61 heavy (non-hydrogen) atoms. The molecule has 0 spiro atoms. The molecule has 18 nitrogen and oxygen atoms in total. The highest BCUT2D eigenvalue weighted by Gasteiger charge is 2.21. The summed E-state index contributed by atoms with van der Waals surface area (Å²) in [4.78, 5) is 79.0. The molecule has 2 aromatic heterocycles. The van der Waals surface area contributed by atoms with E-state index < -0.39 is 24.2 Å². The summed E-state index contributed by atoms with van der Waals surface area (Å²) in [5, 5.41) is 28.9. The number of aromatic hydroxyl groups is 1. The number of nitrogens with one attached hydrogen (secondary N) is 3. The Kier molecular flexibility index (Phi) is 17.9. The van der Waals surface area contributed by atoms with Crippen molar-refractivity contribution in [2.45, 2.75) is 46.1 Å². The first kappa shape index (κ1) is 46.5. The summed E-state index contributed by atoms with van der Waals surface area (Å²) in [6, 6.07) is 10.1. The van der Waals surface area contributed by atoms with E-state index in [1.54, 1.807) is 6.07 Å². The van der Waals surface area contributed by atoms with Crippen LogP contribution in [0.4, 0.5) is 28.1 Å². The van der Waals surface area contributed by atoms with E-state index in [2.05, 4.69) is 40.7 Å². The number of nitrogens with zero attached hydrogens (tertiary/aromatic N) is 5. The van der Waals surface area contributed by atoms with E-state index >= 15 is 0 Å². The number of phenols is 1. The summed E-state index contributed by atoms with van der Waals surface area (Å²) in [7, 11) is 0. The molecule has 2 aromatic carbocycles. The third-order valence-corrected chi connectivity index (χ3v) is 10.7. The maximum Gasteiger partial charge on any atom is 0.332 e. The fourth-order valence-corrected chi connectivity index (χ4v) is 7.17. The van der Waals surface area contributed by atoms with Crippen LogP contribution in [0.1, 0.15) is 62.7 Å². The molecule has 326 valence electrons. The van der Waals surface area contributed by atoms with Gasteiger partial charge < -0.3 is 45.3 Å². The minimum atomic E-state index is -0.499. The summed E-state index contributed by atoms with van der Waals surface area (Å²) in [6.45, 7) is 7.44. The van der Waals surface area contributed by atoms with E-state index in [4.69, 9.17) is 25.8 Å². The zero-order valence-electron chi connectivity index (χ0n) is 33.9. The minimum absolute atomic E-state index is 0.000805. The summed E-state index contributed by atoms with van der Waals surface area (Å²) in [6.07, 6.45) is 2.46. The van der Waals surface area contributed by atoms with Gasteiger partial charge in [-0.15, -0.1) is 0 Å². The number of piperazine rings is 1. The van der Waals surface area contributed by atoms with Crippen molar-refractivity contribution >= 4 is 80.9 Å². The number of anilines is 5. The number of para-hydroxylation sites is 1. The van der Waals surface area contributed by atoms with Crippen molar-refractivity contribution in [3.05, 3.63) is 75.0 Å². The number of phenolic OH excluding ortho intramolecular Hbond substituents is 1. The first-order chi connectivity index (χ1) is 29.4. The average molecular weight is 881 g/mol. The number of aldehydes is 1. The third-order valence-electron chi connectivity index (χ3n) is 9.45. The van der Waals surface area contributed by atoms with Crippen LogP contribution >= 0.6 is 22.9 Å². The molecule has 4 aromatic rings. The number of esters is 1. The van der Waals surface area contributed by atoms with Gasteiger partial charge in [0.2, 0.25) is 5.91 Å². The predicted octanol–water partition coefficient (Wildman–Crippen LogP) is 4.68. The van der Waals surface area contributed by atoms with E-state index in [0.29, 0.717) is 71.3 Å². The second-order valence-corrected chi connectivity index (χ2v) is 15.4. The Morgan fingerprint density at radius 1 is 0.951 bits per heavy atom. The second kappa shape index (κ2) is 23.4. The van der Waals surface area contributed by atoms with Crippen molar-refractivity contribution in [3.63, 3.8) is 0 Å². The predicted molar refractivity (Wildman–Crippen MR) is 229 cm³/mol. The van der Waals surface area contributed by atoms with Gasteiger partial charge in [-0.1, -0.05) is 41.1 Å². The Hall–Kier alpha value is -5.57. The van der Waals surface area contributed by atoms with Crippen LogP contribution < -0.4 is 20.9 Å². The monoisotopic (exact) mass is 880 g/mol. The number of hydrogen-bond acceptors (Lipinski definition) is 17. The van der Waals surface area contributed by atoms with E-state index in [9.17, 15) is 34.2 Å². The highest BCUT2D eigenvalue weighted by Crippen LogP contribution is 2.30. The van der Waals surface area contributed by atoms with E-state index in [-0.39, 0.29) is 74.2 Å². The summed E-state index contributed by atoms with van der Waals surface area (Å²) < 4.78 is 16.2. The van der Waals surface area contributed by atoms with Crippen molar-refractivity contribution in [3.8, 4) is 5.75 Å². The number of aliphatic hydroxyl groups excluding tert-OH is 1. The molecule has 0 saturated carbocycles. The Morgan fingerprint density at radius 2 is 1.74 bits per heavy atom. The van der Waals surface area contributed by atoms with Crippen molar-refractivity contribution in [2.75, 3.05) is 86.6 Å². The lowest BCUT2D eigenvalue weighted by atomic mass is 10.1. The van der Waals surface area contributed by atoms with E-state index in [1.165, 1.54) is 29.7 Å². The summed E-state index contributed by atoms with van der Waals surface area (Å²) in [5.41, 5.74) is 1.56. The van der Waals surface area contributed by atoms with Gasteiger partial charge in [0, 0.05) is 64.7 Å². The van der Waals surface area contributed by atoms with Gasteiger partial charge in [-0.3, -0.25) is 24.1 Å². The molecule has 1 aliphatic rings. The van der Waals surface area contributed by atoms with Gasteiger partial charge in [0.15, 0.2) is 11.4 Å². The van der Waals surface area contributed by atoms with E-state index in [0.717, 1.165) is 24.5 Å². The quantitative estimate of drug-likeness (QED) is 0.0295. The van der Waals surface area contributed by atoms with Crippen LogP contribution in [0.15, 0.2) is 42.6 Å². The molecule has 0 radical (unpaired) electrons. The van der Waals surface area contributed by atoms with Crippen LogP contribution in [-0.2, 0) is 35.2 Å². The lowest BCUT2D eigenvalue weighted by Gasteiger charge is -2.35. The SMILES string of the molecule is Cc1nc(Nc2ncc(C(=O)Nc3c(C)cccc3Cl)s2)cc(N2CCN(CCOC(=O)COCCOCCCC(=O)CCC(=O)Nc3ccc(CO)c(C=O)c3O)CC2)n1. The number of carbonyl (C=O) groups is 5. The number of rotatable bonds is 23. The molecule has 0 aliphatic carbocycles. The second-order valence-electron chi connectivity index (χ2n) is 13.9. The molecular weight excluding hydrogens is 832 g/mol. The van der Waals surface area contributed by atoms with Crippen LogP contribution in [-0.4, -0.2) is 126 Å².